The average molecular weight is 486 g/mol. The fourth-order valence-corrected chi connectivity index (χ4v) is 4.61. The van der Waals surface area contributed by atoms with Crippen LogP contribution in [0.5, 0.6) is 0 Å². The molecule has 1 fully saturated rings. The Kier molecular flexibility index (Phi) is 7.49. The van der Waals surface area contributed by atoms with E-state index in [1.807, 2.05) is 29.0 Å². The van der Waals surface area contributed by atoms with E-state index in [1.54, 1.807) is 6.07 Å². The molecule has 0 radical (unpaired) electrons. The number of nitrogens with zero attached hydrogens (tertiary/aromatic N) is 5. The summed E-state index contributed by atoms with van der Waals surface area (Å²) in [6.45, 7) is 9.59. The maximum atomic E-state index is 6.41. The minimum Gasteiger partial charge on any atom is -0.379 e. The molecule has 1 aromatic heterocycles. The first kappa shape index (κ1) is 23.9. The summed E-state index contributed by atoms with van der Waals surface area (Å²) in [7, 11) is 0. The molecule has 2 unspecified atom stereocenters. The number of benzene rings is 2. The van der Waals surface area contributed by atoms with Crippen LogP contribution in [0.4, 0.5) is 0 Å². The van der Waals surface area contributed by atoms with Crippen molar-refractivity contribution in [3.8, 4) is 0 Å². The lowest BCUT2D eigenvalue weighted by Gasteiger charge is -2.36. The summed E-state index contributed by atoms with van der Waals surface area (Å²) in [5.74, 6) is 0.815. The van der Waals surface area contributed by atoms with E-state index in [1.165, 1.54) is 0 Å². The average Bonchev–Trinajstić information content (AvgIpc) is 3.25. The Bertz CT molecular complexity index is 1090. The zero-order valence-corrected chi connectivity index (χ0v) is 20.7. The number of hydrogen-bond donors (Lipinski definition) is 0. The number of ether oxygens (including phenoxy) is 1. The van der Waals surface area contributed by atoms with Gasteiger partial charge in [-0.15, -0.1) is 5.10 Å². The van der Waals surface area contributed by atoms with E-state index >= 15 is 0 Å². The monoisotopic (exact) mass is 485 g/mol. The molecule has 4 rings (SSSR count). The van der Waals surface area contributed by atoms with Crippen LogP contribution in [0, 0.1) is 5.41 Å². The van der Waals surface area contributed by atoms with Crippen molar-refractivity contribution in [2.24, 2.45) is 5.41 Å². The molecule has 0 amide bonds. The lowest BCUT2D eigenvalue weighted by Crippen LogP contribution is -2.41. The van der Waals surface area contributed by atoms with Crippen molar-refractivity contribution in [3.05, 3.63) is 81.6 Å². The van der Waals surface area contributed by atoms with E-state index in [0.29, 0.717) is 23.3 Å². The molecular weight excluding hydrogens is 457 g/mol. The Morgan fingerprint density at radius 3 is 2.42 bits per heavy atom. The number of morpholine rings is 1. The molecule has 1 aliphatic heterocycles. The van der Waals surface area contributed by atoms with Crippen LogP contribution in [0.15, 0.2) is 54.6 Å². The second-order valence-electron chi connectivity index (χ2n) is 9.28. The van der Waals surface area contributed by atoms with Gasteiger partial charge in [-0.25, -0.2) is 4.68 Å². The van der Waals surface area contributed by atoms with Gasteiger partial charge < -0.3 is 4.74 Å². The van der Waals surface area contributed by atoms with Gasteiger partial charge in [-0.1, -0.05) is 92.5 Å². The van der Waals surface area contributed by atoms with E-state index in [-0.39, 0.29) is 17.5 Å². The maximum Gasteiger partial charge on any atom is 0.173 e. The highest BCUT2D eigenvalue weighted by Crippen LogP contribution is 2.36. The van der Waals surface area contributed by atoms with E-state index in [0.717, 1.165) is 30.0 Å². The van der Waals surface area contributed by atoms with Crippen LogP contribution in [-0.4, -0.2) is 51.4 Å². The van der Waals surface area contributed by atoms with Gasteiger partial charge in [0.2, 0.25) is 0 Å². The molecule has 1 aliphatic rings. The molecule has 0 bridgehead atoms. The van der Waals surface area contributed by atoms with Gasteiger partial charge in [0.15, 0.2) is 5.82 Å². The van der Waals surface area contributed by atoms with E-state index in [9.17, 15) is 0 Å². The number of hydrogen-bond acceptors (Lipinski definition) is 5. The van der Waals surface area contributed by atoms with Gasteiger partial charge in [0, 0.05) is 23.1 Å². The number of halogens is 2. The second kappa shape index (κ2) is 10.3. The molecule has 33 heavy (non-hydrogen) atoms. The van der Waals surface area contributed by atoms with Crippen LogP contribution in [0.2, 0.25) is 10.0 Å². The van der Waals surface area contributed by atoms with Gasteiger partial charge in [0.25, 0.3) is 0 Å². The minimum absolute atomic E-state index is 0.0672. The Morgan fingerprint density at radius 1 is 1.03 bits per heavy atom. The first-order valence-electron chi connectivity index (χ1n) is 11.1. The first-order valence-corrected chi connectivity index (χ1v) is 11.9. The van der Waals surface area contributed by atoms with Crippen molar-refractivity contribution in [2.75, 3.05) is 26.3 Å². The topological polar surface area (TPSA) is 56.1 Å². The highest BCUT2D eigenvalue weighted by Gasteiger charge is 2.34. The van der Waals surface area contributed by atoms with Crippen LogP contribution >= 0.6 is 23.2 Å². The molecule has 2 heterocycles. The largest absolute Gasteiger partial charge is 0.379 e. The summed E-state index contributed by atoms with van der Waals surface area (Å²) >= 11 is 12.5. The molecule has 2 aromatic carbocycles. The van der Waals surface area contributed by atoms with Gasteiger partial charge in [0.05, 0.1) is 25.3 Å². The van der Waals surface area contributed by atoms with Crippen molar-refractivity contribution in [1.82, 2.24) is 25.1 Å². The summed E-state index contributed by atoms with van der Waals surface area (Å²) < 4.78 is 7.56. The Morgan fingerprint density at radius 2 is 1.76 bits per heavy atom. The van der Waals surface area contributed by atoms with Crippen LogP contribution < -0.4 is 0 Å². The SMILES string of the molecule is CC(C)(C)C(/C=C\c1ccc(Cl)cc1Cl)n1nnnc1C(c1ccccc1)N1CCOCC1. The molecule has 0 spiro atoms. The molecule has 1 saturated heterocycles. The fraction of sp³-hybridized carbons (Fsp3) is 0.400. The first-order chi connectivity index (χ1) is 15.8. The zero-order valence-electron chi connectivity index (χ0n) is 19.2. The summed E-state index contributed by atoms with van der Waals surface area (Å²) in [5.41, 5.74) is 1.91. The van der Waals surface area contributed by atoms with Crippen molar-refractivity contribution < 1.29 is 4.74 Å². The van der Waals surface area contributed by atoms with Crippen molar-refractivity contribution >= 4 is 29.3 Å². The van der Waals surface area contributed by atoms with Gasteiger partial charge >= 0.3 is 0 Å². The predicted molar refractivity (Wildman–Crippen MR) is 132 cm³/mol. The second-order valence-corrected chi connectivity index (χ2v) is 10.1. The number of allylic oxidation sites excluding steroid dienone is 1. The maximum absolute atomic E-state index is 6.41. The molecule has 3 aromatic rings. The summed E-state index contributed by atoms with van der Waals surface area (Å²) in [6.07, 6.45) is 4.14. The molecule has 0 aliphatic carbocycles. The van der Waals surface area contributed by atoms with E-state index < -0.39 is 0 Å². The summed E-state index contributed by atoms with van der Waals surface area (Å²) in [4.78, 5) is 2.39. The van der Waals surface area contributed by atoms with Gasteiger partial charge in [-0.2, -0.15) is 0 Å². The van der Waals surface area contributed by atoms with E-state index in [2.05, 4.69) is 71.5 Å². The smallest absolute Gasteiger partial charge is 0.173 e. The number of aromatic nitrogens is 4. The quantitative estimate of drug-likeness (QED) is 0.447. The highest BCUT2D eigenvalue weighted by atomic mass is 35.5. The Labute approximate surface area is 205 Å². The molecule has 2 atom stereocenters. The van der Waals surface area contributed by atoms with E-state index in [4.69, 9.17) is 27.9 Å². The Hall–Kier alpha value is -2.25. The zero-order chi connectivity index (χ0) is 23.4. The molecule has 8 heteroatoms. The van der Waals surface area contributed by atoms with Crippen molar-refractivity contribution in [1.29, 1.82) is 0 Å². The lowest BCUT2D eigenvalue weighted by atomic mass is 9.86. The fourth-order valence-electron chi connectivity index (χ4n) is 4.14. The van der Waals surface area contributed by atoms with Crippen LogP contribution in [-0.2, 0) is 4.74 Å². The highest BCUT2D eigenvalue weighted by molar-refractivity contribution is 6.35. The van der Waals surface area contributed by atoms with Gasteiger partial charge in [-0.3, -0.25) is 4.90 Å². The van der Waals surface area contributed by atoms with Crippen LogP contribution in [0.3, 0.4) is 0 Å². The third kappa shape index (κ3) is 5.64. The molecule has 0 N–H and O–H groups in total. The van der Waals surface area contributed by atoms with Gasteiger partial charge in [0.1, 0.15) is 0 Å². The third-order valence-electron chi connectivity index (χ3n) is 5.86. The third-order valence-corrected chi connectivity index (χ3v) is 6.42. The normalized spacial score (nSPS) is 17.4. The summed E-state index contributed by atoms with van der Waals surface area (Å²) in [5, 5.41) is 14.3. The number of tetrazole rings is 1. The number of rotatable bonds is 6. The van der Waals surface area contributed by atoms with Crippen LogP contribution in [0.25, 0.3) is 6.08 Å². The van der Waals surface area contributed by atoms with Gasteiger partial charge in [-0.05, 0) is 39.1 Å². The molecule has 0 saturated carbocycles. The Balaban J connectivity index is 1.75. The predicted octanol–water partition coefficient (Wildman–Crippen LogP) is 5.70. The standard InChI is InChI=1S/C25H29Cl2N5O/c1-25(2,3)22(12-10-18-9-11-20(26)17-21(18)27)32-24(28-29-30-32)23(19-7-5-4-6-8-19)31-13-15-33-16-14-31/h4-12,17,22-23H,13-16H2,1-3H3/b12-10-. The molecule has 174 valence electrons. The van der Waals surface area contributed by atoms with Crippen molar-refractivity contribution in [2.45, 2.75) is 32.9 Å². The minimum atomic E-state index is -0.147. The summed E-state index contributed by atoms with van der Waals surface area (Å²) in [6, 6.07) is 15.8. The van der Waals surface area contributed by atoms with Crippen LogP contribution in [0.1, 0.15) is 49.8 Å². The lowest BCUT2D eigenvalue weighted by molar-refractivity contribution is 0.0210. The molecular formula is C25H29Cl2N5O. The molecule has 6 nitrogen and oxygen atoms in total. The van der Waals surface area contributed by atoms with Crippen molar-refractivity contribution in [3.63, 3.8) is 0 Å².